The molecule has 0 fully saturated rings. The zero-order chi connectivity index (χ0) is 12.6. The summed E-state index contributed by atoms with van der Waals surface area (Å²) in [7, 11) is -3.29. The number of carbonyl (C=O) groups excluding carboxylic acids is 1. The Morgan fingerprint density at radius 2 is 1.94 bits per heavy atom. The van der Waals surface area contributed by atoms with E-state index in [1.807, 2.05) is 0 Å². The van der Waals surface area contributed by atoms with E-state index in [-0.39, 0.29) is 19.5 Å². The van der Waals surface area contributed by atoms with Gasteiger partial charge < -0.3 is 25.2 Å². The van der Waals surface area contributed by atoms with Crippen LogP contribution >= 0.6 is 7.60 Å². The molecule has 0 aromatic carbocycles. The average molecular weight is 254 g/mol. The molecule has 0 rings (SSSR count). The predicted molar refractivity (Wildman–Crippen MR) is 58.9 cm³/mol. The molecular weight excluding hydrogens is 235 g/mol. The molecule has 1 atom stereocenters. The van der Waals surface area contributed by atoms with E-state index in [1.54, 1.807) is 13.8 Å². The standard InChI is InChI=1S/C8H19N2O5P/c1-3-14-16(13,15-4-2)6-10-8(12)7(9)5-11/h7,11H,3-6,9H2,1-2H3,(H,10,12)/t7-/m0/s1. The van der Waals surface area contributed by atoms with E-state index in [2.05, 4.69) is 5.32 Å². The average Bonchev–Trinajstić information content (AvgIpc) is 2.25. The SMILES string of the molecule is CCOP(=O)(CNC(=O)[C@@H](N)CO)OCC. The van der Waals surface area contributed by atoms with Crippen LogP contribution < -0.4 is 11.1 Å². The van der Waals surface area contributed by atoms with E-state index < -0.39 is 26.2 Å². The zero-order valence-electron chi connectivity index (χ0n) is 9.51. The Morgan fingerprint density at radius 3 is 2.31 bits per heavy atom. The number of aliphatic hydroxyl groups excluding tert-OH is 1. The third-order valence-electron chi connectivity index (χ3n) is 1.63. The topological polar surface area (TPSA) is 111 Å². The van der Waals surface area contributed by atoms with Crippen LogP contribution in [0.15, 0.2) is 0 Å². The molecule has 0 bridgehead atoms. The minimum atomic E-state index is -3.29. The highest BCUT2D eigenvalue weighted by atomic mass is 31.2. The number of amides is 1. The van der Waals surface area contributed by atoms with Crippen LogP contribution in [0.1, 0.15) is 13.8 Å². The van der Waals surface area contributed by atoms with Crippen LogP contribution in [0, 0.1) is 0 Å². The lowest BCUT2D eigenvalue weighted by atomic mass is 10.3. The third-order valence-corrected chi connectivity index (χ3v) is 3.48. The van der Waals surface area contributed by atoms with Crippen molar-refractivity contribution in [2.24, 2.45) is 5.73 Å². The van der Waals surface area contributed by atoms with Crippen molar-refractivity contribution in [1.29, 1.82) is 0 Å². The van der Waals surface area contributed by atoms with E-state index in [9.17, 15) is 9.36 Å². The first-order valence-corrected chi connectivity index (χ1v) is 6.74. The second-order valence-electron chi connectivity index (χ2n) is 2.93. The summed E-state index contributed by atoms with van der Waals surface area (Å²) >= 11 is 0. The monoisotopic (exact) mass is 254 g/mol. The lowest BCUT2D eigenvalue weighted by molar-refractivity contribution is -0.122. The molecule has 0 aliphatic carbocycles. The second-order valence-corrected chi connectivity index (χ2v) is 4.99. The number of rotatable bonds is 8. The first kappa shape index (κ1) is 15.5. The van der Waals surface area contributed by atoms with Crippen molar-refractivity contribution in [2.45, 2.75) is 19.9 Å². The molecule has 0 radical (unpaired) electrons. The van der Waals surface area contributed by atoms with Crippen molar-refractivity contribution in [3.05, 3.63) is 0 Å². The molecule has 0 aliphatic heterocycles. The summed E-state index contributed by atoms with van der Waals surface area (Å²) in [5.41, 5.74) is 5.26. The van der Waals surface area contributed by atoms with Crippen molar-refractivity contribution >= 4 is 13.5 Å². The number of nitrogens with one attached hydrogen (secondary N) is 1. The molecule has 96 valence electrons. The van der Waals surface area contributed by atoms with Crippen LogP contribution in [0.5, 0.6) is 0 Å². The Bertz CT molecular complexity index is 251. The van der Waals surface area contributed by atoms with Gasteiger partial charge in [0.1, 0.15) is 12.3 Å². The predicted octanol–water partition coefficient (Wildman–Crippen LogP) is -0.354. The van der Waals surface area contributed by atoms with Gasteiger partial charge in [0.25, 0.3) is 0 Å². The van der Waals surface area contributed by atoms with Crippen LogP contribution in [0.3, 0.4) is 0 Å². The number of nitrogens with two attached hydrogens (primary N) is 1. The van der Waals surface area contributed by atoms with Crippen molar-refractivity contribution in [2.75, 3.05) is 26.1 Å². The molecule has 0 unspecified atom stereocenters. The van der Waals surface area contributed by atoms with Gasteiger partial charge in [0.2, 0.25) is 5.91 Å². The number of hydrogen-bond donors (Lipinski definition) is 3. The Morgan fingerprint density at radius 1 is 1.44 bits per heavy atom. The maximum atomic E-state index is 11.9. The van der Waals surface area contributed by atoms with Crippen molar-refractivity contribution in [3.63, 3.8) is 0 Å². The number of carbonyl (C=O) groups is 1. The minimum absolute atomic E-state index is 0.221. The van der Waals surface area contributed by atoms with Crippen LogP contribution in [-0.4, -0.2) is 43.2 Å². The van der Waals surface area contributed by atoms with Gasteiger partial charge in [0, 0.05) is 0 Å². The van der Waals surface area contributed by atoms with Gasteiger partial charge in [-0.25, -0.2) is 0 Å². The molecule has 16 heavy (non-hydrogen) atoms. The smallest absolute Gasteiger partial charge is 0.349 e. The highest BCUT2D eigenvalue weighted by Gasteiger charge is 2.25. The fourth-order valence-corrected chi connectivity index (χ4v) is 2.30. The van der Waals surface area contributed by atoms with Gasteiger partial charge in [-0.2, -0.15) is 0 Å². The van der Waals surface area contributed by atoms with E-state index >= 15 is 0 Å². The molecule has 7 nitrogen and oxygen atoms in total. The van der Waals surface area contributed by atoms with Gasteiger partial charge in [-0.1, -0.05) is 0 Å². The number of hydrogen-bond acceptors (Lipinski definition) is 6. The van der Waals surface area contributed by atoms with Gasteiger partial charge in [-0.15, -0.1) is 0 Å². The molecule has 0 heterocycles. The molecule has 0 saturated heterocycles. The van der Waals surface area contributed by atoms with E-state index in [4.69, 9.17) is 19.9 Å². The summed E-state index contributed by atoms with van der Waals surface area (Å²) in [5, 5.41) is 10.9. The fourth-order valence-electron chi connectivity index (χ4n) is 0.911. The first-order valence-electron chi connectivity index (χ1n) is 5.01. The Kier molecular flexibility index (Phi) is 7.53. The lowest BCUT2D eigenvalue weighted by Crippen LogP contribution is -2.43. The van der Waals surface area contributed by atoms with Crippen LogP contribution in [-0.2, 0) is 18.4 Å². The van der Waals surface area contributed by atoms with Crippen LogP contribution in [0.2, 0.25) is 0 Å². The summed E-state index contributed by atoms with van der Waals surface area (Å²) in [5.74, 6) is -0.595. The molecule has 0 spiro atoms. The molecule has 0 aromatic heterocycles. The molecular formula is C8H19N2O5P. The van der Waals surface area contributed by atoms with Gasteiger partial charge in [0.15, 0.2) is 0 Å². The molecule has 4 N–H and O–H groups in total. The van der Waals surface area contributed by atoms with Crippen molar-refractivity contribution in [3.8, 4) is 0 Å². The Hall–Kier alpha value is -0.460. The largest absolute Gasteiger partial charge is 0.394 e. The minimum Gasteiger partial charge on any atom is -0.394 e. The molecule has 8 heteroatoms. The third kappa shape index (κ3) is 5.58. The van der Waals surface area contributed by atoms with Gasteiger partial charge in [0.05, 0.1) is 19.8 Å². The lowest BCUT2D eigenvalue weighted by Gasteiger charge is -2.18. The van der Waals surface area contributed by atoms with Gasteiger partial charge >= 0.3 is 7.60 Å². The number of aliphatic hydroxyl groups is 1. The maximum Gasteiger partial charge on any atom is 0.349 e. The highest BCUT2D eigenvalue weighted by molar-refractivity contribution is 7.53. The zero-order valence-corrected chi connectivity index (χ0v) is 10.4. The molecule has 0 saturated carbocycles. The molecule has 1 amide bonds. The highest BCUT2D eigenvalue weighted by Crippen LogP contribution is 2.46. The summed E-state index contributed by atoms with van der Waals surface area (Å²) in [6.45, 7) is 3.32. The second kappa shape index (κ2) is 7.76. The van der Waals surface area contributed by atoms with Crippen LogP contribution in [0.25, 0.3) is 0 Å². The van der Waals surface area contributed by atoms with Crippen LogP contribution in [0.4, 0.5) is 0 Å². The summed E-state index contributed by atoms with van der Waals surface area (Å²) < 4.78 is 21.8. The van der Waals surface area contributed by atoms with E-state index in [1.165, 1.54) is 0 Å². The first-order chi connectivity index (χ1) is 7.49. The quantitative estimate of drug-likeness (QED) is 0.510. The van der Waals surface area contributed by atoms with Crippen molar-refractivity contribution in [1.82, 2.24) is 5.32 Å². The molecule has 0 aromatic rings. The van der Waals surface area contributed by atoms with Crippen molar-refractivity contribution < 1.29 is 23.5 Å². The summed E-state index contributed by atoms with van der Waals surface area (Å²) in [4.78, 5) is 11.2. The summed E-state index contributed by atoms with van der Waals surface area (Å²) in [6.07, 6.45) is -0.249. The maximum absolute atomic E-state index is 11.9. The van der Waals surface area contributed by atoms with Gasteiger partial charge in [-0.3, -0.25) is 9.36 Å². The van der Waals surface area contributed by atoms with E-state index in [0.29, 0.717) is 0 Å². The normalized spacial score (nSPS) is 13.5. The van der Waals surface area contributed by atoms with Gasteiger partial charge in [-0.05, 0) is 13.8 Å². The Labute approximate surface area is 94.8 Å². The Balaban J connectivity index is 4.21. The fraction of sp³-hybridized carbons (Fsp3) is 0.875. The molecule has 0 aliphatic rings. The summed E-state index contributed by atoms with van der Waals surface area (Å²) in [6, 6.07) is -1.03. The van der Waals surface area contributed by atoms with E-state index in [0.717, 1.165) is 0 Å².